The molecule has 0 aliphatic carbocycles. The van der Waals surface area contributed by atoms with Crippen molar-refractivity contribution in [2.24, 2.45) is 0 Å². The minimum atomic E-state index is -0.848. The standard InChI is InChI=1S/C58H107NO5/c1-3-5-7-9-11-13-15-16-24-27-31-34-38-42-46-50-56(61)55(54-60)59-57(62)51-47-43-39-35-32-28-25-22-20-18-17-19-21-23-26-29-33-37-41-45-49-53-64-58(63)52-48-44-40-36-30-14-12-10-8-6-4-2/h10,12,29,33,41,45-46,50,55-56,60-61H,3-9,11,13-28,30-32,34-40,42-44,47-49,51-54H2,1-2H3,(H,59,62)/b12-10-,33-29-,45-41-,50-46+. The van der Waals surface area contributed by atoms with Crippen LogP contribution in [0, 0.1) is 0 Å². The number of carbonyl (C=O) groups excluding carboxylic acids is 2. The molecule has 6 heteroatoms. The Morgan fingerprint density at radius 2 is 0.797 bits per heavy atom. The van der Waals surface area contributed by atoms with Crippen LogP contribution in [-0.2, 0) is 14.3 Å². The lowest BCUT2D eigenvalue weighted by atomic mass is 10.0. The molecular weight excluding hydrogens is 791 g/mol. The van der Waals surface area contributed by atoms with Gasteiger partial charge in [-0.1, -0.05) is 249 Å². The number of aliphatic hydroxyl groups is 2. The second-order valence-electron chi connectivity index (χ2n) is 18.9. The number of carbonyl (C=O) groups is 2. The first kappa shape index (κ1) is 61.8. The van der Waals surface area contributed by atoms with Gasteiger partial charge in [0.15, 0.2) is 0 Å². The molecule has 0 rings (SSSR count). The van der Waals surface area contributed by atoms with E-state index < -0.39 is 12.1 Å². The van der Waals surface area contributed by atoms with Crippen molar-refractivity contribution in [2.75, 3.05) is 13.2 Å². The summed E-state index contributed by atoms with van der Waals surface area (Å²) in [4.78, 5) is 24.4. The number of nitrogens with one attached hydrogen (secondary N) is 1. The number of amides is 1. The second-order valence-corrected chi connectivity index (χ2v) is 18.9. The quantitative estimate of drug-likeness (QED) is 0.0321. The molecule has 0 radical (unpaired) electrons. The average Bonchev–Trinajstić information content (AvgIpc) is 3.29. The topological polar surface area (TPSA) is 95.9 Å². The van der Waals surface area contributed by atoms with Crippen molar-refractivity contribution < 1.29 is 24.5 Å². The fourth-order valence-electron chi connectivity index (χ4n) is 8.28. The molecule has 0 bridgehead atoms. The Morgan fingerprint density at radius 1 is 0.438 bits per heavy atom. The van der Waals surface area contributed by atoms with E-state index in [1.807, 2.05) is 6.08 Å². The molecule has 6 nitrogen and oxygen atoms in total. The molecule has 0 aromatic heterocycles. The smallest absolute Gasteiger partial charge is 0.305 e. The Hall–Kier alpha value is -2.18. The largest absolute Gasteiger partial charge is 0.465 e. The zero-order valence-electron chi connectivity index (χ0n) is 42.5. The van der Waals surface area contributed by atoms with Gasteiger partial charge in [0.25, 0.3) is 0 Å². The van der Waals surface area contributed by atoms with E-state index in [0.29, 0.717) is 19.4 Å². The number of hydrogen-bond donors (Lipinski definition) is 3. The van der Waals surface area contributed by atoms with Crippen molar-refractivity contribution >= 4 is 11.9 Å². The van der Waals surface area contributed by atoms with Gasteiger partial charge in [-0.2, -0.15) is 0 Å². The third-order valence-electron chi connectivity index (χ3n) is 12.6. The average molecular weight is 898 g/mol. The lowest BCUT2D eigenvalue weighted by molar-refractivity contribution is -0.143. The van der Waals surface area contributed by atoms with Crippen LogP contribution in [0.1, 0.15) is 284 Å². The van der Waals surface area contributed by atoms with Crippen molar-refractivity contribution in [3.8, 4) is 0 Å². The normalized spacial score (nSPS) is 13.0. The van der Waals surface area contributed by atoms with E-state index in [1.165, 1.54) is 205 Å². The molecule has 0 fully saturated rings. The third-order valence-corrected chi connectivity index (χ3v) is 12.6. The summed E-state index contributed by atoms with van der Waals surface area (Å²) >= 11 is 0. The first-order valence-electron chi connectivity index (χ1n) is 27.9. The summed E-state index contributed by atoms with van der Waals surface area (Å²) in [6.45, 7) is 4.75. The molecule has 374 valence electrons. The van der Waals surface area contributed by atoms with Crippen LogP contribution in [0.3, 0.4) is 0 Å². The number of ether oxygens (including phenoxy) is 1. The Balaban J connectivity index is 3.50. The molecule has 2 atom stereocenters. The monoisotopic (exact) mass is 898 g/mol. The first-order valence-corrected chi connectivity index (χ1v) is 27.9. The summed E-state index contributed by atoms with van der Waals surface area (Å²) in [7, 11) is 0. The summed E-state index contributed by atoms with van der Waals surface area (Å²) in [5.74, 6) is -0.121. The minimum absolute atomic E-state index is 0.0476. The summed E-state index contributed by atoms with van der Waals surface area (Å²) in [5, 5.41) is 23.1. The van der Waals surface area contributed by atoms with E-state index in [2.05, 4.69) is 55.6 Å². The molecule has 0 heterocycles. The van der Waals surface area contributed by atoms with Crippen LogP contribution >= 0.6 is 0 Å². The molecule has 2 unspecified atom stereocenters. The highest BCUT2D eigenvalue weighted by Crippen LogP contribution is 2.16. The van der Waals surface area contributed by atoms with Gasteiger partial charge in [0.05, 0.1) is 25.4 Å². The highest BCUT2D eigenvalue weighted by atomic mass is 16.5. The number of aliphatic hydroxyl groups excluding tert-OH is 2. The van der Waals surface area contributed by atoms with Gasteiger partial charge in [0, 0.05) is 12.8 Å². The Bertz CT molecular complexity index is 1080. The molecule has 1 amide bonds. The lowest BCUT2D eigenvalue weighted by Gasteiger charge is -2.20. The maximum absolute atomic E-state index is 12.4. The Kier molecular flexibility index (Phi) is 51.6. The van der Waals surface area contributed by atoms with Crippen molar-refractivity contribution in [1.82, 2.24) is 5.32 Å². The van der Waals surface area contributed by atoms with Gasteiger partial charge >= 0.3 is 5.97 Å². The van der Waals surface area contributed by atoms with Crippen LogP contribution in [0.2, 0.25) is 0 Å². The van der Waals surface area contributed by atoms with Gasteiger partial charge in [-0.05, 0) is 70.6 Å². The van der Waals surface area contributed by atoms with Crippen molar-refractivity contribution in [2.45, 2.75) is 296 Å². The van der Waals surface area contributed by atoms with E-state index in [1.54, 1.807) is 6.08 Å². The molecule has 0 aliphatic heterocycles. The predicted octanol–water partition coefficient (Wildman–Crippen LogP) is 17.0. The predicted molar refractivity (Wildman–Crippen MR) is 278 cm³/mol. The molecular formula is C58H107NO5. The number of allylic oxidation sites excluding steroid dienone is 6. The molecule has 0 aromatic carbocycles. The summed E-state index contributed by atoms with van der Waals surface area (Å²) < 4.78 is 5.38. The summed E-state index contributed by atoms with van der Waals surface area (Å²) in [6, 6.07) is -0.632. The highest BCUT2D eigenvalue weighted by molar-refractivity contribution is 5.76. The van der Waals surface area contributed by atoms with Crippen LogP contribution in [0.25, 0.3) is 0 Å². The highest BCUT2D eigenvalue weighted by Gasteiger charge is 2.18. The van der Waals surface area contributed by atoms with Crippen LogP contribution in [0.5, 0.6) is 0 Å². The van der Waals surface area contributed by atoms with Crippen molar-refractivity contribution in [3.05, 3.63) is 48.6 Å². The van der Waals surface area contributed by atoms with Crippen molar-refractivity contribution in [3.63, 3.8) is 0 Å². The van der Waals surface area contributed by atoms with Gasteiger partial charge in [0.1, 0.15) is 0 Å². The molecule has 0 saturated carbocycles. The van der Waals surface area contributed by atoms with E-state index >= 15 is 0 Å². The van der Waals surface area contributed by atoms with E-state index in [0.717, 1.165) is 51.4 Å². The van der Waals surface area contributed by atoms with Gasteiger partial charge in [0.2, 0.25) is 5.91 Å². The molecule has 0 aromatic rings. The minimum Gasteiger partial charge on any atom is -0.465 e. The second kappa shape index (κ2) is 53.4. The van der Waals surface area contributed by atoms with Crippen LogP contribution in [0.15, 0.2) is 48.6 Å². The van der Waals surface area contributed by atoms with E-state index in [9.17, 15) is 19.8 Å². The number of esters is 1. The third kappa shape index (κ3) is 49.3. The first-order chi connectivity index (χ1) is 31.5. The molecule has 64 heavy (non-hydrogen) atoms. The maximum Gasteiger partial charge on any atom is 0.305 e. The number of hydrogen-bond acceptors (Lipinski definition) is 5. The van der Waals surface area contributed by atoms with Gasteiger partial charge < -0.3 is 20.3 Å². The number of unbranched alkanes of at least 4 members (excludes halogenated alkanes) is 34. The van der Waals surface area contributed by atoms with Crippen LogP contribution < -0.4 is 5.32 Å². The van der Waals surface area contributed by atoms with Gasteiger partial charge in [-0.3, -0.25) is 9.59 Å². The molecule has 0 saturated heterocycles. The maximum atomic E-state index is 12.4. The molecule has 0 spiro atoms. The zero-order chi connectivity index (χ0) is 46.5. The Morgan fingerprint density at radius 3 is 1.25 bits per heavy atom. The fourth-order valence-corrected chi connectivity index (χ4v) is 8.28. The number of rotatable bonds is 51. The van der Waals surface area contributed by atoms with Gasteiger partial charge in [-0.25, -0.2) is 0 Å². The van der Waals surface area contributed by atoms with Crippen molar-refractivity contribution in [1.29, 1.82) is 0 Å². The lowest BCUT2D eigenvalue weighted by Crippen LogP contribution is -2.45. The molecule has 0 aliphatic rings. The summed E-state index contributed by atoms with van der Waals surface area (Å²) in [5.41, 5.74) is 0. The van der Waals surface area contributed by atoms with Crippen LogP contribution in [0.4, 0.5) is 0 Å². The Labute approximate surface area is 397 Å². The molecule has 3 N–H and O–H groups in total. The van der Waals surface area contributed by atoms with Crippen LogP contribution in [-0.4, -0.2) is 47.4 Å². The van der Waals surface area contributed by atoms with Gasteiger partial charge in [-0.15, -0.1) is 0 Å². The zero-order valence-corrected chi connectivity index (χ0v) is 42.5. The van der Waals surface area contributed by atoms with E-state index in [-0.39, 0.29) is 18.5 Å². The fraction of sp³-hybridized carbons (Fsp3) is 0.828. The SMILES string of the molecule is CCCC/C=C\CCCCCCCC(=O)OCC/C=C\C/C=C\CCCCCCCCCCCCCCCCC(=O)NC(CO)C(O)/C=C/CCCCCCCCCCCCCCC. The van der Waals surface area contributed by atoms with E-state index in [4.69, 9.17) is 4.74 Å². The summed E-state index contributed by atoms with van der Waals surface area (Å²) in [6.07, 6.45) is 67.1.